The summed E-state index contributed by atoms with van der Waals surface area (Å²) in [7, 11) is 1.31. The average Bonchev–Trinajstić information content (AvgIpc) is 3.01. The minimum atomic E-state index is -3.19. The highest BCUT2D eigenvalue weighted by atomic mass is 35.7. The molecular weight excluding hydrogens is 347 g/mol. The van der Waals surface area contributed by atoms with Gasteiger partial charge in [-0.05, 0) is 22.9 Å². The normalized spacial score (nSPS) is 9.89. The predicted molar refractivity (Wildman–Crippen MR) is 84.8 cm³/mol. The molecule has 0 spiro atoms. The van der Waals surface area contributed by atoms with Gasteiger partial charge in [0.15, 0.2) is 0 Å². The minimum absolute atomic E-state index is 0.178. The van der Waals surface area contributed by atoms with Crippen LogP contribution < -0.4 is 0 Å². The molecule has 3 nitrogen and oxygen atoms in total. The number of alkyl halides is 1. The van der Waals surface area contributed by atoms with Crippen molar-refractivity contribution >= 4 is 54.0 Å². The first kappa shape index (κ1) is 18.9. The summed E-state index contributed by atoms with van der Waals surface area (Å²) in [5.41, 5.74) is 0. The zero-order valence-corrected chi connectivity index (χ0v) is 14.1. The molecule has 2 aromatic rings. The fourth-order valence-corrected chi connectivity index (χ4v) is 2.18. The molecule has 0 aliphatic rings. The zero-order valence-electron chi connectivity index (χ0n) is 10.1. The summed E-state index contributed by atoms with van der Waals surface area (Å²) in [4.78, 5) is 2.27. The standard InChI is InChI=1S/C5H5ClS.C5H6OS.CH3ClO2S/c2*6-4-5-2-1-3-7-5;1-5(2,3)4/h1-3H,4H2;1-3,6H,4H2;1H3. The highest BCUT2D eigenvalue weighted by molar-refractivity contribution is 8.13. The molecule has 19 heavy (non-hydrogen) atoms. The largest absolute Gasteiger partial charge is 0.391 e. The van der Waals surface area contributed by atoms with Crippen molar-refractivity contribution in [2.24, 2.45) is 0 Å². The van der Waals surface area contributed by atoms with Crippen molar-refractivity contribution < 1.29 is 13.5 Å². The van der Waals surface area contributed by atoms with E-state index in [2.05, 4.69) is 10.7 Å². The summed E-state index contributed by atoms with van der Waals surface area (Å²) in [6, 6.07) is 7.86. The van der Waals surface area contributed by atoms with Crippen molar-refractivity contribution in [3.63, 3.8) is 0 Å². The van der Waals surface area contributed by atoms with Gasteiger partial charge in [0.2, 0.25) is 9.05 Å². The molecule has 0 aromatic carbocycles. The smallest absolute Gasteiger partial charge is 0.229 e. The maximum Gasteiger partial charge on any atom is 0.229 e. The lowest BCUT2D eigenvalue weighted by Gasteiger charge is -1.78. The summed E-state index contributed by atoms with van der Waals surface area (Å²) >= 11 is 8.74. The van der Waals surface area contributed by atoms with E-state index in [1.807, 2.05) is 35.0 Å². The summed E-state index contributed by atoms with van der Waals surface area (Å²) < 4.78 is 18.8. The molecule has 108 valence electrons. The second-order valence-corrected chi connectivity index (χ2v) is 8.51. The number of hydrogen-bond donors (Lipinski definition) is 1. The summed E-state index contributed by atoms with van der Waals surface area (Å²) in [5.74, 6) is 0.650. The third-order valence-electron chi connectivity index (χ3n) is 1.45. The van der Waals surface area contributed by atoms with Crippen LogP contribution in [-0.2, 0) is 21.5 Å². The van der Waals surface area contributed by atoms with E-state index in [0.29, 0.717) is 5.88 Å². The highest BCUT2D eigenvalue weighted by Gasteiger charge is 1.85. The van der Waals surface area contributed by atoms with E-state index in [1.54, 1.807) is 22.7 Å². The monoisotopic (exact) mass is 360 g/mol. The van der Waals surface area contributed by atoms with Crippen molar-refractivity contribution in [2.45, 2.75) is 12.5 Å². The Balaban J connectivity index is 0.000000261. The van der Waals surface area contributed by atoms with Crippen LogP contribution in [-0.4, -0.2) is 19.8 Å². The van der Waals surface area contributed by atoms with Crippen LogP contribution in [0.2, 0.25) is 0 Å². The van der Waals surface area contributed by atoms with Crippen LogP contribution >= 0.6 is 45.0 Å². The van der Waals surface area contributed by atoms with E-state index in [9.17, 15) is 8.42 Å². The first-order valence-electron chi connectivity index (χ1n) is 4.98. The first-order valence-corrected chi connectivity index (χ1v) is 9.99. The van der Waals surface area contributed by atoms with Gasteiger partial charge in [-0.3, -0.25) is 0 Å². The van der Waals surface area contributed by atoms with E-state index >= 15 is 0 Å². The zero-order chi connectivity index (χ0) is 14.7. The number of thiophene rings is 2. The van der Waals surface area contributed by atoms with Gasteiger partial charge in [-0.1, -0.05) is 12.1 Å². The maximum absolute atomic E-state index is 9.40. The van der Waals surface area contributed by atoms with E-state index in [4.69, 9.17) is 16.7 Å². The van der Waals surface area contributed by atoms with Gasteiger partial charge >= 0.3 is 0 Å². The fraction of sp³-hybridized carbons (Fsp3) is 0.273. The lowest BCUT2D eigenvalue weighted by atomic mass is 10.5. The SMILES string of the molecule is CS(=O)(=O)Cl.ClCc1cccs1.OCc1cccs1. The van der Waals surface area contributed by atoms with Crippen LogP contribution in [0.15, 0.2) is 35.0 Å². The van der Waals surface area contributed by atoms with Crippen molar-refractivity contribution in [1.29, 1.82) is 0 Å². The molecule has 0 unspecified atom stereocenters. The lowest BCUT2D eigenvalue weighted by molar-refractivity contribution is 0.285. The van der Waals surface area contributed by atoms with Gasteiger partial charge in [0.25, 0.3) is 0 Å². The Bertz CT molecular complexity index is 465. The van der Waals surface area contributed by atoms with E-state index in [1.165, 1.54) is 4.88 Å². The summed E-state index contributed by atoms with van der Waals surface area (Å²) in [6.45, 7) is 0.178. The van der Waals surface area contributed by atoms with Crippen molar-refractivity contribution in [2.75, 3.05) is 6.26 Å². The molecule has 0 fully saturated rings. The molecule has 0 atom stereocenters. The van der Waals surface area contributed by atoms with Gasteiger partial charge in [0.1, 0.15) is 0 Å². The predicted octanol–water partition coefficient (Wildman–Crippen LogP) is 3.91. The Morgan fingerprint density at radius 1 is 1.16 bits per heavy atom. The van der Waals surface area contributed by atoms with Crippen LogP contribution in [0.5, 0.6) is 0 Å². The van der Waals surface area contributed by atoms with E-state index in [0.717, 1.165) is 11.1 Å². The number of halogens is 2. The Kier molecular flexibility index (Phi) is 10.6. The van der Waals surface area contributed by atoms with Crippen LogP contribution in [0.4, 0.5) is 0 Å². The van der Waals surface area contributed by atoms with Crippen LogP contribution in [0.25, 0.3) is 0 Å². The molecule has 8 heteroatoms. The molecule has 0 aliphatic carbocycles. The lowest BCUT2D eigenvalue weighted by Crippen LogP contribution is -1.76. The number of rotatable bonds is 2. The van der Waals surface area contributed by atoms with Crippen LogP contribution in [0, 0.1) is 0 Å². The molecule has 0 saturated carbocycles. The van der Waals surface area contributed by atoms with Gasteiger partial charge in [-0.15, -0.1) is 34.3 Å². The van der Waals surface area contributed by atoms with Gasteiger partial charge in [-0.2, -0.15) is 0 Å². The topological polar surface area (TPSA) is 54.4 Å². The maximum atomic E-state index is 9.40. The Labute approximate surface area is 130 Å². The molecule has 2 heterocycles. The van der Waals surface area contributed by atoms with Crippen molar-refractivity contribution in [3.8, 4) is 0 Å². The van der Waals surface area contributed by atoms with Crippen LogP contribution in [0.1, 0.15) is 9.75 Å². The molecular formula is C11H14Cl2O3S3. The Hall–Kier alpha value is -0.110. The van der Waals surface area contributed by atoms with E-state index < -0.39 is 9.05 Å². The first-order chi connectivity index (χ1) is 8.86. The average molecular weight is 361 g/mol. The molecule has 0 radical (unpaired) electrons. The number of aliphatic hydroxyl groups excluding tert-OH is 1. The van der Waals surface area contributed by atoms with Gasteiger partial charge in [-0.25, -0.2) is 8.42 Å². The highest BCUT2D eigenvalue weighted by Crippen LogP contribution is 2.09. The molecule has 0 saturated heterocycles. The number of hydrogen-bond acceptors (Lipinski definition) is 5. The minimum Gasteiger partial charge on any atom is -0.391 e. The van der Waals surface area contributed by atoms with Crippen LogP contribution in [0.3, 0.4) is 0 Å². The third kappa shape index (κ3) is 14.1. The van der Waals surface area contributed by atoms with Crippen molar-refractivity contribution in [3.05, 3.63) is 44.8 Å². The van der Waals surface area contributed by atoms with Gasteiger partial charge < -0.3 is 5.11 Å². The molecule has 0 amide bonds. The molecule has 0 bridgehead atoms. The molecule has 1 N–H and O–H groups in total. The third-order valence-corrected chi connectivity index (χ3v) is 3.63. The van der Waals surface area contributed by atoms with E-state index in [-0.39, 0.29) is 6.61 Å². The van der Waals surface area contributed by atoms with Gasteiger partial charge in [0.05, 0.1) is 18.7 Å². The second-order valence-electron chi connectivity index (χ2n) is 3.13. The second kappa shape index (κ2) is 10.7. The van der Waals surface area contributed by atoms with Gasteiger partial charge in [0, 0.05) is 20.4 Å². The molecule has 0 aliphatic heterocycles. The van der Waals surface area contributed by atoms with Crippen molar-refractivity contribution in [1.82, 2.24) is 0 Å². The molecule has 2 aromatic heterocycles. The summed E-state index contributed by atoms with van der Waals surface area (Å²) in [5, 5.41) is 12.4. The fourth-order valence-electron chi connectivity index (χ4n) is 0.791. The Morgan fingerprint density at radius 2 is 1.58 bits per heavy atom. The Morgan fingerprint density at radius 3 is 1.74 bits per heavy atom. The quantitative estimate of drug-likeness (QED) is 0.652. The molecule has 2 rings (SSSR count). The summed E-state index contributed by atoms with van der Waals surface area (Å²) in [6.07, 6.45) is 0.925. The number of aliphatic hydroxyl groups is 1.